The maximum absolute atomic E-state index is 12.4. The summed E-state index contributed by atoms with van der Waals surface area (Å²) in [5.41, 5.74) is 1.71. The maximum Gasteiger partial charge on any atom is 0.273 e. The van der Waals surface area contributed by atoms with E-state index in [0.29, 0.717) is 23.9 Å². The first kappa shape index (κ1) is 17.2. The van der Waals surface area contributed by atoms with Gasteiger partial charge in [-0.15, -0.1) is 0 Å². The van der Waals surface area contributed by atoms with Crippen molar-refractivity contribution < 1.29 is 0 Å². The molecule has 0 aliphatic carbocycles. The SMILES string of the molecule is Cc1cc(C)n(CC(C)NCCn2[nH]c(=O)c3ccccc3c2=O)n1. The Kier molecular flexibility index (Phi) is 4.85. The van der Waals surface area contributed by atoms with Gasteiger partial charge in [0.1, 0.15) is 0 Å². The van der Waals surface area contributed by atoms with E-state index >= 15 is 0 Å². The van der Waals surface area contributed by atoms with Crippen LogP contribution in [0.5, 0.6) is 0 Å². The second-order valence-electron chi connectivity index (χ2n) is 6.41. The van der Waals surface area contributed by atoms with Gasteiger partial charge in [0.25, 0.3) is 11.1 Å². The van der Waals surface area contributed by atoms with Gasteiger partial charge in [-0.2, -0.15) is 5.10 Å². The van der Waals surface area contributed by atoms with Gasteiger partial charge in [0.2, 0.25) is 0 Å². The van der Waals surface area contributed by atoms with Gasteiger partial charge in [0.05, 0.1) is 29.6 Å². The highest BCUT2D eigenvalue weighted by molar-refractivity contribution is 5.80. The van der Waals surface area contributed by atoms with Crippen molar-refractivity contribution >= 4 is 10.8 Å². The molecule has 0 saturated carbocycles. The van der Waals surface area contributed by atoms with E-state index in [2.05, 4.69) is 22.4 Å². The molecule has 0 aliphatic heterocycles. The zero-order valence-electron chi connectivity index (χ0n) is 14.7. The Balaban J connectivity index is 1.65. The molecule has 0 bridgehead atoms. The van der Waals surface area contributed by atoms with Crippen LogP contribution in [-0.4, -0.2) is 32.1 Å². The van der Waals surface area contributed by atoms with Gasteiger partial charge in [0, 0.05) is 18.3 Å². The van der Waals surface area contributed by atoms with E-state index in [1.807, 2.05) is 24.6 Å². The molecule has 132 valence electrons. The molecule has 0 aliphatic rings. The van der Waals surface area contributed by atoms with Gasteiger partial charge in [0.15, 0.2) is 0 Å². The second kappa shape index (κ2) is 7.06. The monoisotopic (exact) mass is 341 g/mol. The quantitative estimate of drug-likeness (QED) is 0.705. The number of aromatic nitrogens is 4. The first-order chi connectivity index (χ1) is 12.0. The fourth-order valence-electron chi connectivity index (χ4n) is 3.01. The molecule has 7 heteroatoms. The van der Waals surface area contributed by atoms with Crippen molar-refractivity contribution in [1.29, 1.82) is 0 Å². The molecule has 7 nitrogen and oxygen atoms in total. The molecule has 1 atom stereocenters. The highest BCUT2D eigenvalue weighted by atomic mass is 16.2. The fraction of sp³-hybridized carbons (Fsp3) is 0.389. The smallest absolute Gasteiger partial charge is 0.273 e. The van der Waals surface area contributed by atoms with Crippen molar-refractivity contribution in [2.75, 3.05) is 6.54 Å². The van der Waals surface area contributed by atoms with Crippen molar-refractivity contribution in [3.05, 3.63) is 62.4 Å². The third kappa shape index (κ3) is 3.71. The third-order valence-corrected chi connectivity index (χ3v) is 4.26. The maximum atomic E-state index is 12.4. The number of hydrogen-bond acceptors (Lipinski definition) is 4. The molecule has 2 heterocycles. The van der Waals surface area contributed by atoms with E-state index < -0.39 is 0 Å². The van der Waals surface area contributed by atoms with Gasteiger partial charge in [-0.05, 0) is 39.0 Å². The molecule has 0 saturated heterocycles. The third-order valence-electron chi connectivity index (χ3n) is 4.26. The standard InChI is InChI=1S/C18H23N5O2/c1-12-10-14(3)23(20-12)11-13(2)19-8-9-22-18(25)16-7-5-4-6-15(16)17(24)21-22/h4-7,10,13,19H,8-9,11H2,1-3H3,(H,21,24). The van der Waals surface area contributed by atoms with Crippen molar-refractivity contribution in [1.82, 2.24) is 24.9 Å². The first-order valence-corrected chi connectivity index (χ1v) is 8.42. The lowest BCUT2D eigenvalue weighted by Gasteiger charge is -2.15. The zero-order chi connectivity index (χ0) is 18.0. The van der Waals surface area contributed by atoms with Crippen LogP contribution in [0.2, 0.25) is 0 Å². The summed E-state index contributed by atoms with van der Waals surface area (Å²) >= 11 is 0. The Labute approximate surface area is 145 Å². The summed E-state index contributed by atoms with van der Waals surface area (Å²) in [5, 5.41) is 11.3. The number of nitrogens with zero attached hydrogens (tertiary/aromatic N) is 3. The molecule has 25 heavy (non-hydrogen) atoms. The molecule has 0 radical (unpaired) electrons. The van der Waals surface area contributed by atoms with Crippen LogP contribution in [-0.2, 0) is 13.1 Å². The number of H-pyrrole nitrogens is 1. The number of nitrogens with one attached hydrogen (secondary N) is 2. The van der Waals surface area contributed by atoms with Gasteiger partial charge >= 0.3 is 0 Å². The predicted octanol–water partition coefficient (Wildman–Crippen LogP) is 1.18. The molecule has 2 aromatic heterocycles. The number of rotatable bonds is 6. The lowest BCUT2D eigenvalue weighted by atomic mass is 10.2. The summed E-state index contributed by atoms with van der Waals surface area (Å²) in [6, 6.07) is 9.11. The minimum Gasteiger partial charge on any atom is -0.311 e. The van der Waals surface area contributed by atoms with E-state index in [4.69, 9.17) is 0 Å². The summed E-state index contributed by atoms with van der Waals surface area (Å²) in [5.74, 6) is 0. The minimum absolute atomic E-state index is 0.178. The van der Waals surface area contributed by atoms with Crippen LogP contribution in [0.15, 0.2) is 39.9 Å². The summed E-state index contributed by atoms with van der Waals surface area (Å²) < 4.78 is 3.34. The molecule has 2 N–H and O–H groups in total. The first-order valence-electron chi connectivity index (χ1n) is 8.42. The Morgan fingerprint density at radius 3 is 2.60 bits per heavy atom. The molecule has 3 aromatic rings. The van der Waals surface area contributed by atoms with Gasteiger partial charge in [-0.25, -0.2) is 4.68 Å². The van der Waals surface area contributed by atoms with Crippen molar-refractivity contribution in [2.24, 2.45) is 0 Å². The Morgan fingerprint density at radius 2 is 1.92 bits per heavy atom. The van der Waals surface area contributed by atoms with Crippen LogP contribution in [0.1, 0.15) is 18.3 Å². The van der Waals surface area contributed by atoms with Gasteiger partial charge in [-0.1, -0.05) is 12.1 Å². The van der Waals surface area contributed by atoms with E-state index in [9.17, 15) is 9.59 Å². The summed E-state index contributed by atoms with van der Waals surface area (Å²) in [6.45, 7) is 7.82. The molecular formula is C18H23N5O2. The molecule has 0 amide bonds. The summed E-state index contributed by atoms with van der Waals surface area (Å²) in [4.78, 5) is 24.5. The van der Waals surface area contributed by atoms with Crippen molar-refractivity contribution in [3.63, 3.8) is 0 Å². The van der Waals surface area contributed by atoms with Gasteiger partial charge in [-0.3, -0.25) is 19.4 Å². The summed E-state index contributed by atoms with van der Waals surface area (Å²) in [7, 11) is 0. The van der Waals surface area contributed by atoms with Crippen LogP contribution in [0.4, 0.5) is 0 Å². The van der Waals surface area contributed by atoms with E-state index in [0.717, 1.165) is 17.9 Å². The predicted molar refractivity (Wildman–Crippen MR) is 98.0 cm³/mol. The Hall–Kier alpha value is -2.67. The average Bonchev–Trinajstić information content (AvgIpc) is 2.89. The van der Waals surface area contributed by atoms with E-state index in [1.54, 1.807) is 24.3 Å². The molecule has 0 spiro atoms. The van der Waals surface area contributed by atoms with Crippen LogP contribution in [0, 0.1) is 13.8 Å². The fourth-order valence-corrected chi connectivity index (χ4v) is 3.01. The highest BCUT2D eigenvalue weighted by Gasteiger charge is 2.09. The Morgan fingerprint density at radius 1 is 1.20 bits per heavy atom. The van der Waals surface area contributed by atoms with Crippen LogP contribution < -0.4 is 16.4 Å². The van der Waals surface area contributed by atoms with Crippen LogP contribution in [0.25, 0.3) is 10.8 Å². The molecule has 0 fully saturated rings. The molecule has 1 aromatic carbocycles. The number of aryl methyl sites for hydroxylation is 2. The zero-order valence-corrected chi connectivity index (χ0v) is 14.7. The lowest BCUT2D eigenvalue weighted by molar-refractivity contribution is 0.423. The number of benzene rings is 1. The van der Waals surface area contributed by atoms with Crippen molar-refractivity contribution in [3.8, 4) is 0 Å². The van der Waals surface area contributed by atoms with Crippen LogP contribution >= 0.6 is 0 Å². The molecule has 3 rings (SSSR count). The Bertz CT molecular complexity index is 999. The minimum atomic E-state index is -0.245. The van der Waals surface area contributed by atoms with E-state index in [1.165, 1.54) is 4.68 Å². The van der Waals surface area contributed by atoms with Crippen LogP contribution in [0.3, 0.4) is 0 Å². The van der Waals surface area contributed by atoms with Crippen molar-refractivity contribution in [2.45, 2.75) is 39.9 Å². The lowest BCUT2D eigenvalue weighted by Crippen LogP contribution is -2.37. The average molecular weight is 341 g/mol. The summed E-state index contributed by atoms with van der Waals surface area (Å²) in [6.07, 6.45) is 0. The highest BCUT2D eigenvalue weighted by Crippen LogP contribution is 2.03. The second-order valence-corrected chi connectivity index (χ2v) is 6.41. The van der Waals surface area contributed by atoms with Gasteiger partial charge < -0.3 is 5.32 Å². The van der Waals surface area contributed by atoms with E-state index in [-0.39, 0.29) is 17.2 Å². The molecular weight excluding hydrogens is 318 g/mol. The normalized spacial score (nSPS) is 12.6. The largest absolute Gasteiger partial charge is 0.311 e. The topological polar surface area (TPSA) is 84.7 Å². The number of hydrogen-bond donors (Lipinski definition) is 2. The number of aromatic amines is 1. The number of fused-ring (bicyclic) bond motifs is 1. The molecule has 1 unspecified atom stereocenters.